The lowest BCUT2D eigenvalue weighted by Gasteiger charge is -2.14. The van der Waals surface area contributed by atoms with Crippen LogP contribution in [0, 0.1) is 0 Å². The second kappa shape index (κ2) is 8.67. The molecule has 0 saturated heterocycles. The lowest BCUT2D eigenvalue weighted by Crippen LogP contribution is -2.23. The maximum atomic E-state index is 9.59. The number of fused-ring (bicyclic) bond motifs is 1. The maximum Gasteiger partial charge on any atom is 0.118 e. The van der Waals surface area contributed by atoms with E-state index < -0.39 is 6.10 Å². The van der Waals surface area contributed by atoms with Gasteiger partial charge >= 0.3 is 0 Å². The molecule has 0 spiro atoms. The van der Waals surface area contributed by atoms with Gasteiger partial charge in [0.05, 0.1) is 31.0 Å². The van der Waals surface area contributed by atoms with Gasteiger partial charge in [0.25, 0.3) is 0 Å². The second-order valence-corrected chi connectivity index (χ2v) is 5.52. The summed E-state index contributed by atoms with van der Waals surface area (Å²) >= 11 is 0. The lowest BCUT2D eigenvalue weighted by molar-refractivity contribution is 0.105. The van der Waals surface area contributed by atoms with Crippen molar-refractivity contribution in [2.75, 3.05) is 25.6 Å². The van der Waals surface area contributed by atoms with Crippen LogP contribution in [0.25, 0.3) is 22.2 Å². The number of aliphatic hydroxyl groups excluding tert-OH is 2. The zero-order valence-corrected chi connectivity index (χ0v) is 14.7. The average Bonchev–Trinajstić information content (AvgIpc) is 2.65. The minimum absolute atomic E-state index is 0. The Morgan fingerprint density at radius 1 is 1.12 bits per heavy atom. The van der Waals surface area contributed by atoms with Crippen molar-refractivity contribution in [1.82, 2.24) is 4.98 Å². The van der Waals surface area contributed by atoms with Crippen molar-refractivity contribution < 1.29 is 14.9 Å². The van der Waals surface area contributed by atoms with Crippen molar-refractivity contribution in [2.45, 2.75) is 6.10 Å². The molecule has 0 aliphatic heterocycles. The molecule has 132 valence electrons. The molecule has 0 bridgehead atoms. The number of aromatic nitrogens is 1. The van der Waals surface area contributed by atoms with E-state index in [1.807, 2.05) is 54.6 Å². The molecule has 1 aromatic heterocycles. The summed E-state index contributed by atoms with van der Waals surface area (Å²) < 4.78 is 5.19. The molecule has 1 heterocycles. The number of para-hydroxylation sites is 1. The molecule has 3 rings (SSSR count). The molecule has 0 radical (unpaired) electrons. The van der Waals surface area contributed by atoms with Gasteiger partial charge in [-0.05, 0) is 36.4 Å². The second-order valence-electron chi connectivity index (χ2n) is 5.52. The number of halogens is 1. The first-order valence-corrected chi connectivity index (χ1v) is 7.78. The van der Waals surface area contributed by atoms with Crippen LogP contribution in [0.1, 0.15) is 0 Å². The summed E-state index contributed by atoms with van der Waals surface area (Å²) in [5.41, 5.74) is 3.55. The fourth-order valence-electron chi connectivity index (χ4n) is 2.52. The van der Waals surface area contributed by atoms with Crippen molar-refractivity contribution >= 4 is 29.0 Å². The Hall–Kier alpha value is -2.34. The Labute approximate surface area is 152 Å². The van der Waals surface area contributed by atoms with E-state index in [-0.39, 0.29) is 25.6 Å². The van der Waals surface area contributed by atoms with Gasteiger partial charge in [0.2, 0.25) is 0 Å². The van der Waals surface area contributed by atoms with Crippen LogP contribution < -0.4 is 10.1 Å². The minimum atomic E-state index is -0.804. The van der Waals surface area contributed by atoms with Crippen LogP contribution in [0.5, 0.6) is 5.75 Å². The van der Waals surface area contributed by atoms with Crippen LogP contribution in [0.15, 0.2) is 54.6 Å². The van der Waals surface area contributed by atoms with Gasteiger partial charge in [0.1, 0.15) is 5.75 Å². The fourth-order valence-corrected chi connectivity index (χ4v) is 2.52. The summed E-state index contributed by atoms with van der Waals surface area (Å²) in [6.07, 6.45) is -0.804. The van der Waals surface area contributed by atoms with Gasteiger partial charge in [-0.2, -0.15) is 0 Å². The number of hydrogen-bond acceptors (Lipinski definition) is 5. The summed E-state index contributed by atoms with van der Waals surface area (Å²) in [6, 6.07) is 17.5. The van der Waals surface area contributed by atoms with Crippen molar-refractivity contribution in [3.63, 3.8) is 0 Å². The van der Waals surface area contributed by atoms with Gasteiger partial charge in [-0.25, -0.2) is 4.98 Å². The summed E-state index contributed by atoms with van der Waals surface area (Å²) in [7, 11) is 1.64. The third kappa shape index (κ3) is 4.39. The number of rotatable bonds is 6. The Balaban J connectivity index is 0.00000225. The number of nitrogens with one attached hydrogen (secondary N) is 1. The first-order chi connectivity index (χ1) is 11.7. The molecule has 0 aliphatic carbocycles. The topological polar surface area (TPSA) is 74.6 Å². The largest absolute Gasteiger partial charge is 0.497 e. The molecule has 0 amide bonds. The van der Waals surface area contributed by atoms with Gasteiger partial charge in [0.15, 0.2) is 0 Å². The Morgan fingerprint density at radius 3 is 2.52 bits per heavy atom. The molecule has 25 heavy (non-hydrogen) atoms. The normalized spacial score (nSPS) is 11.6. The number of methoxy groups -OCH3 is 1. The molecular formula is C19H21ClN2O3. The Kier molecular flexibility index (Phi) is 6.58. The number of ether oxygens (including phenoxy) is 1. The van der Waals surface area contributed by atoms with Crippen molar-refractivity contribution in [1.29, 1.82) is 0 Å². The molecule has 0 aliphatic rings. The van der Waals surface area contributed by atoms with E-state index >= 15 is 0 Å². The van der Waals surface area contributed by atoms with Gasteiger partial charge < -0.3 is 20.3 Å². The predicted octanol–water partition coefficient (Wildman–Crippen LogP) is 3.10. The highest BCUT2D eigenvalue weighted by Crippen LogP contribution is 2.29. The molecular weight excluding hydrogens is 340 g/mol. The predicted molar refractivity (Wildman–Crippen MR) is 103 cm³/mol. The van der Waals surface area contributed by atoms with E-state index in [0.29, 0.717) is 0 Å². The van der Waals surface area contributed by atoms with Crippen molar-refractivity contribution in [3.05, 3.63) is 54.6 Å². The molecule has 2 aromatic carbocycles. The summed E-state index contributed by atoms with van der Waals surface area (Å²) in [4.78, 5) is 4.72. The van der Waals surface area contributed by atoms with Crippen LogP contribution in [-0.2, 0) is 0 Å². The number of nitrogens with zero attached hydrogens (tertiary/aromatic N) is 1. The molecule has 1 atom stereocenters. The highest BCUT2D eigenvalue weighted by molar-refractivity contribution is 5.93. The highest BCUT2D eigenvalue weighted by atomic mass is 35.5. The number of pyridine rings is 1. The van der Waals surface area contributed by atoms with E-state index in [2.05, 4.69) is 5.32 Å². The lowest BCUT2D eigenvalue weighted by atomic mass is 10.1. The monoisotopic (exact) mass is 360 g/mol. The van der Waals surface area contributed by atoms with Crippen LogP contribution in [0.2, 0.25) is 0 Å². The average molecular weight is 361 g/mol. The number of aliphatic hydroxyl groups is 2. The highest BCUT2D eigenvalue weighted by Gasteiger charge is 2.09. The zero-order chi connectivity index (χ0) is 16.9. The van der Waals surface area contributed by atoms with Crippen molar-refractivity contribution in [2.24, 2.45) is 0 Å². The van der Waals surface area contributed by atoms with Crippen LogP contribution in [0.3, 0.4) is 0 Å². The zero-order valence-electron chi connectivity index (χ0n) is 13.8. The first-order valence-electron chi connectivity index (χ1n) is 7.78. The summed E-state index contributed by atoms with van der Waals surface area (Å²) in [5, 5.41) is 22.8. The van der Waals surface area contributed by atoms with Crippen LogP contribution >= 0.6 is 12.4 Å². The van der Waals surface area contributed by atoms with Crippen LogP contribution in [0.4, 0.5) is 5.69 Å². The third-order valence-electron chi connectivity index (χ3n) is 3.84. The minimum Gasteiger partial charge on any atom is -0.497 e. The molecule has 5 nitrogen and oxygen atoms in total. The first kappa shape index (κ1) is 19.0. The van der Waals surface area contributed by atoms with E-state index in [4.69, 9.17) is 14.8 Å². The third-order valence-corrected chi connectivity index (χ3v) is 3.84. The summed E-state index contributed by atoms with van der Waals surface area (Å²) in [5.74, 6) is 0.795. The smallest absolute Gasteiger partial charge is 0.118 e. The summed E-state index contributed by atoms with van der Waals surface area (Å²) in [6.45, 7) is -0.00604. The molecule has 6 heteroatoms. The van der Waals surface area contributed by atoms with Crippen molar-refractivity contribution in [3.8, 4) is 17.0 Å². The molecule has 0 fully saturated rings. The van der Waals surface area contributed by atoms with E-state index in [9.17, 15) is 5.11 Å². The molecule has 0 saturated carbocycles. The van der Waals surface area contributed by atoms with Gasteiger partial charge in [-0.1, -0.05) is 18.2 Å². The maximum absolute atomic E-state index is 9.59. The van der Waals surface area contributed by atoms with E-state index in [1.165, 1.54) is 0 Å². The van der Waals surface area contributed by atoms with Gasteiger partial charge in [-0.15, -0.1) is 12.4 Å². The number of anilines is 1. The van der Waals surface area contributed by atoms with Gasteiger partial charge in [0, 0.05) is 23.2 Å². The standard InChI is InChI=1S/C19H20N2O3.ClH/c1-24-15-8-6-13(7-9-15)18-10-19(20-11-14(23)12-22)16-4-2-3-5-17(16)21-18;/h2-10,14,22-23H,11-12H2,1H3,(H,20,21);1H/t14-;/m0./s1. The van der Waals surface area contributed by atoms with E-state index in [0.717, 1.165) is 33.6 Å². The van der Waals surface area contributed by atoms with Crippen LogP contribution in [-0.4, -0.2) is 41.6 Å². The fraction of sp³-hybridized carbons (Fsp3) is 0.211. The Morgan fingerprint density at radius 2 is 1.84 bits per heavy atom. The quantitative estimate of drug-likeness (QED) is 0.630. The molecule has 3 N–H and O–H groups in total. The number of hydrogen-bond donors (Lipinski definition) is 3. The van der Waals surface area contributed by atoms with Gasteiger partial charge in [-0.3, -0.25) is 0 Å². The number of benzene rings is 2. The van der Waals surface area contributed by atoms with E-state index in [1.54, 1.807) is 7.11 Å². The Bertz CT molecular complexity index is 825. The molecule has 3 aromatic rings. The SMILES string of the molecule is COc1ccc(-c2cc(NC[C@H](O)CO)c3ccccc3n2)cc1.Cl. The molecule has 0 unspecified atom stereocenters.